The van der Waals surface area contributed by atoms with Gasteiger partial charge in [0, 0.05) is 37.3 Å². The van der Waals surface area contributed by atoms with Crippen LogP contribution in [0.15, 0.2) is 12.1 Å². The Morgan fingerprint density at radius 1 is 1.50 bits per heavy atom. The fraction of sp³-hybridized carbons (Fsp3) is 0.409. The molecule has 1 saturated carbocycles. The molecule has 0 unspecified atom stereocenters. The first kappa shape index (κ1) is 20.1. The standard InChI is InChI=1S/C22H23FN4O3/c1-12-20(21(24)30)25-22-18-9-13(3-4-16(29)5-6-26(2)11-28)19(23)10-17(18)14-7-15(8-14)27(12)22/h9-11,14-16,29H,5-8H2,1-2H3,(H2,24,30)/t14?,15?,16-/m0/s1. The smallest absolute Gasteiger partial charge is 0.269 e. The molecular formula is C22H23FN4O3. The molecule has 2 aliphatic heterocycles. The van der Waals surface area contributed by atoms with Crippen LogP contribution in [0.4, 0.5) is 4.39 Å². The number of benzene rings is 1. The molecule has 5 rings (SSSR count). The molecule has 2 bridgehead atoms. The largest absolute Gasteiger partial charge is 0.380 e. The number of carbonyl (C=O) groups is 2. The number of carbonyl (C=O) groups excluding carboxylic acids is 2. The van der Waals surface area contributed by atoms with Crippen LogP contribution in [0.25, 0.3) is 11.4 Å². The zero-order chi connectivity index (χ0) is 21.6. The minimum atomic E-state index is -0.982. The van der Waals surface area contributed by atoms with Crippen LogP contribution in [-0.2, 0) is 4.79 Å². The number of primary amides is 1. The average Bonchev–Trinajstić information content (AvgIpc) is 2.88. The number of imidazole rings is 1. The lowest BCUT2D eigenvalue weighted by atomic mass is 9.75. The predicted molar refractivity (Wildman–Crippen MR) is 108 cm³/mol. The van der Waals surface area contributed by atoms with Gasteiger partial charge in [0.2, 0.25) is 6.41 Å². The Kier molecular flexibility index (Phi) is 5.08. The van der Waals surface area contributed by atoms with Crippen LogP contribution in [0.3, 0.4) is 0 Å². The highest BCUT2D eigenvalue weighted by Crippen LogP contribution is 2.53. The minimum absolute atomic E-state index is 0.156. The minimum Gasteiger partial charge on any atom is -0.380 e. The first-order valence-corrected chi connectivity index (χ1v) is 9.87. The highest BCUT2D eigenvalue weighted by Gasteiger charge is 2.40. The number of aromatic nitrogens is 2. The van der Waals surface area contributed by atoms with E-state index in [0.717, 1.165) is 29.7 Å². The zero-order valence-corrected chi connectivity index (χ0v) is 16.9. The molecule has 3 heterocycles. The van der Waals surface area contributed by atoms with Crippen LogP contribution < -0.4 is 5.73 Å². The Balaban J connectivity index is 1.72. The van der Waals surface area contributed by atoms with Crippen LogP contribution in [0, 0.1) is 24.6 Å². The zero-order valence-electron chi connectivity index (χ0n) is 16.9. The van der Waals surface area contributed by atoms with Crippen molar-refractivity contribution in [3.8, 4) is 23.2 Å². The van der Waals surface area contributed by atoms with Gasteiger partial charge in [0.05, 0.1) is 5.56 Å². The van der Waals surface area contributed by atoms with Gasteiger partial charge in [0.1, 0.15) is 23.4 Å². The van der Waals surface area contributed by atoms with Gasteiger partial charge in [-0.3, -0.25) is 9.59 Å². The van der Waals surface area contributed by atoms with Gasteiger partial charge in [-0.05, 0) is 43.4 Å². The van der Waals surface area contributed by atoms with Crippen LogP contribution in [-0.4, -0.2) is 51.6 Å². The Bertz CT molecular complexity index is 1090. The van der Waals surface area contributed by atoms with Crippen molar-refractivity contribution in [3.63, 3.8) is 0 Å². The molecule has 2 aromatic rings. The number of rotatable bonds is 5. The predicted octanol–water partition coefficient (Wildman–Crippen LogP) is 1.72. The van der Waals surface area contributed by atoms with Crippen molar-refractivity contribution in [1.82, 2.24) is 14.5 Å². The summed E-state index contributed by atoms with van der Waals surface area (Å²) in [6.45, 7) is 2.17. The summed E-state index contributed by atoms with van der Waals surface area (Å²) in [6, 6.07) is 3.36. The summed E-state index contributed by atoms with van der Waals surface area (Å²) in [5.74, 6) is 5.17. The third kappa shape index (κ3) is 3.35. The summed E-state index contributed by atoms with van der Waals surface area (Å²) in [5, 5.41) is 10.0. The quantitative estimate of drug-likeness (QED) is 0.579. The second-order valence-electron chi connectivity index (χ2n) is 8.00. The number of hydrogen-bond acceptors (Lipinski definition) is 4. The number of halogens is 1. The van der Waals surface area contributed by atoms with Crippen molar-refractivity contribution < 1.29 is 19.1 Å². The van der Waals surface area contributed by atoms with Crippen LogP contribution in [0.2, 0.25) is 0 Å². The van der Waals surface area contributed by atoms with Gasteiger partial charge in [-0.1, -0.05) is 11.8 Å². The molecule has 8 heteroatoms. The van der Waals surface area contributed by atoms with E-state index in [1.165, 1.54) is 11.0 Å². The molecule has 0 spiro atoms. The third-order valence-corrected chi connectivity index (χ3v) is 5.99. The number of nitrogens with two attached hydrogens (primary N) is 1. The number of amides is 2. The van der Waals surface area contributed by atoms with Crippen LogP contribution >= 0.6 is 0 Å². The maximum Gasteiger partial charge on any atom is 0.269 e. The van der Waals surface area contributed by atoms with Crippen molar-refractivity contribution in [2.45, 2.75) is 44.2 Å². The fourth-order valence-electron chi connectivity index (χ4n) is 4.26. The molecule has 0 radical (unpaired) electrons. The summed E-state index contributed by atoms with van der Waals surface area (Å²) >= 11 is 0. The van der Waals surface area contributed by atoms with Crippen molar-refractivity contribution in [2.75, 3.05) is 13.6 Å². The highest BCUT2D eigenvalue weighted by molar-refractivity contribution is 5.93. The van der Waals surface area contributed by atoms with Crippen molar-refractivity contribution in [2.24, 2.45) is 5.73 Å². The second kappa shape index (κ2) is 7.58. The topological polar surface area (TPSA) is 101 Å². The van der Waals surface area contributed by atoms with E-state index in [2.05, 4.69) is 16.8 Å². The van der Waals surface area contributed by atoms with Gasteiger partial charge in [-0.15, -0.1) is 0 Å². The first-order chi connectivity index (χ1) is 14.3. The SMILES string of the molecule is Cc1c(C(N)=O)nc2n1C1CC(C1)c1cc(F)c(C#C[C@H](O)CCN(C)C=O)cc1-2. The van der Waals surface area contributed by atoms with E-state index >= 15 is 0 Å². The molecule has 1 aliphatic carbocycles. The van der Waals surface area contributed by atoms with E-state index in [9.17, 15) is 19.1 Å². The molecule has 3 N–H and O–H groups in total. The van der Waals surface area contributed by atoms with E-state index in [1.807, 2.05) is 11.5 Å². The highest BCUT2D eigenvalue weighted by atomic mass is 19.1. The van der Waals surface area contributed by atoms with Crippen LogP contribution in [0.5, 0.6) is 0 Å². The van der Waals surface area contributed by atoms with E-state index in [-0.39, 0.29) is 29.6 Å². The monoisotopic (exact) mass is 410 g/mol. The lowest BCUT2D eigenvalue weighted by molar-refractivity contribution is -0.117. The average molecular weight is 410 g/mol. The molecule has 7 nitrogen and oxygen atoms in total. The molecule has 3 aliphatic rings. The van der Waals surface area contributed by atoms with Gasteiger partial charge in [0.15, 0.2) is 0 Å². The molecule has 2 amide bonds. The molecule has 1 aromatic heterocycles. The summed E-state index contributed by atoms with van der Waals surface area (Å²) in [4.78, 5) is 28.3. The van der Waals surface area contributed by atoms with Gasteiger partial charge >= 0.3 is 0 Å². The first-order valence-electron chi connectivity index (χ1n) is 9.87. The van der Waals surface area contributed by atoms with Crippen LogP contribution in [0.1, 0.15) is 58.5 Å². The van der Waals surface area contributed by atoms with Crippen molar-refractivity contribution >= 4 is 12.3 Å². The summed E-state index contributed by atoms with van der Waals surface area (Å²) in [5.41, 5.74) is 8.21. The van der Waals surface area contributed by atoms with Gasteiger partial charge < -0.3 is 20.3 Å². The molecule has 1 atom stereocenters. The number of nitrogens with zero attached hydrogens (tertiary/aromatic N) is 3. The lowest BCUT2D eigenvalue weighted by Crippen LogP contribution is -2.24. The lowest BCUT2D eigenvalue weighted by Gasteiger charge is -2.35. The van der Waals surface area contributed by atoms with E-state index < -0.39 is 17.8 Å². The van der Waals surface area contributed by atoms with E-state index in [0.29, 0.717) is 18.8 Å². The number of hydrogen-bond donors (Lipinski definition) is 2. The molecule has 1 aromatic carbocycles. The van der Waals surface area contributed by atoms with E-state index in [4.69, 9.17) is 5.73 Å². The molecular weight excluding hydrogens is 387 g/mol. The summed E-state index contributed by atoms with van der Waals surface area (Å²) in [6.07, 6.45) is 1.68. The van der Waals surface area contributed by atoms with Gasteiger partial charge in [-0.25, -0.2) is 9.37 Å². The van der Waals surface area contributed by atoms with Crippen molar-refractivity contribution in [3.05, 3.63) is 40.5 Å². The molecule has 30 heavy (non-hydrogen) atoms. The second-order valence-corrected chi connectivity index (χ2v) is 8.00. The number of aliphatic hydroxyl groups excluding tert-OH is 1. The summed E-state index contributed by atoms with van der Waals surface area (Å²) in [7, 11) is 1.61. The Morgan fingerprint density at radius 3 is 2.90 bits per heavy atom. The maximum atomic E-state index is 14.8. The Morgan fingerprint density at radius 2 is 2.23 bits per heavy atom. The van der Waals surface area contributed by atoms with E-state index in [1.54, 1.807) is 13.1 Å². The third-order valence-electron chi connectivity index (χ3n) is 5.99. The van der Waals surface area contributed by atoms with Gasteiger partial charge in [0.25, 0.3) is 5.91 Å². The molecule has 0 saturated heterocycles. The molecule has 156 valence electrons. The Hall–Kier alpha value is -3.18. The Labute approximate surface area is 173 Å². The van der Waals surface area contributed by atoms with Crippen molar-refractivity contribution in [1.29, 1.82) is 0 Å². The molecule has 1 fully saturated rings. The maximum absolute atomic E-state index is 14.8. The van der Waals surface area contributed by atoms with Gasteiger partial charge in [-0.2, -0.15) is 0 Å². The number of aliphatic hydroxyl groups is 1. The fourth-order valence-corrected chi connectivity index (χ4v) is 4.26. The normalized spacial score (nSPS) is 19.3. The summed E-state index contributed by atoms with van der Waals surface area (Å²) < 4.78 is 16.8.